The second-order valence-corrected chi connectivity index (χ2v) is 16.7. The highest BCUT2D eigenvalue weighted by Gasteiger charge is 2.19. The van der Waals surface area contributed by atoms with Crippen molar-refractivity contribution in [2.45, 2.75) is 239 Å². The standard InChI is InChI=1S/C56H94O6/c1-4-7-10-13-16-19-22-25-26-27-28-29-30-32-34-37-40-43-46-49-55(58)61-52-53(51-60-54(57)48-45-42-39-36-33-24-21-18-15-12-9-6-3)62-56(59)50-47-44-41-38-35-31-23-20-17-14-11-8-5-2/h7-8,10-11,14,16-21,23,25-26,53H,4-6,9,12-13,15,22,24,27-52H2,1-3H3/b10-7-,11-8-,17-14-,19-16-,21-18-,23-20-,26-25-. The summed E-state index contributed by atoms with van der Waals surface area (Å²) in [6.45, 7) is 6.34. The summed E-state index contributed by atoms with van der Waals surface area (Å²) in [7, 11) is 0. The third-order valence-electron chi connectivity index (χ3n) is 10.7. The van der Waals surface area contributed by atoms with Crippen LogP contribution in [0.2, 0.25) is 0 Å². The van der Waals surface area contributed by atoms with E-state index in [1.807, 2.05) is 0 Å². The molecule has 354 valence electrons. The molecule has 0 spiro atoms. The van der Waals surface area contributed by atoms with Crippen LogP contribution in [0.15, 0.2) is 85.1 Å². The van der Waals surface area contributed by atoms with Crippen molar-refractivity contribution < 1.29 is 28.6 Å². The summed E-state index contributed by atoms with van der Waals surface area (Å²) in [5.74, 6) is -0.928. The van der Waals surface area contributed by atoms with E-state index >= 15 is 0 Å². The van der Waals surface area contributed by atoms with Gasteiger partial charge in [-0.05, 0) is 96.3 Å². The summed E-state index contributed by atoms with van der Waals surface area (Å²) >= 11 is 0. The Morgan fingerprint density at radius 1 is 0.355 bits per heavy atom. The second kappa shape index (κ2) is 50.2. The molecule has 0 amide bonds. The van der Waals surface area contributed by atoms with Gasteiger partial charge in [-0.2, -0.15) is 0 Å². The first-order valence-corrected chi connectivity index (χ1v) is 25.6. The molecule has 1 unspecified atom stereocenters. The second-order valence-electron chi connectivity index (χ2n) is 16.7. The molecule has 0 aliphatic rings. The monoisotopic (exact) mass is 863 g/mol. The van der Waals surface area contributed by atoms with Crippen LogP contribution in [0.3, 0.4) is 0 Å². The van der Waals surface area contributed by atoms with Crippen LogP contribution < -0.4 is 0 Å². The minimum atomic E-state index is -0.792. The van der Waals surface area contributed by atoms with Crippen molar-refractivity contribution in [2.75, 3.05) is 13.2 Å². The molecule has 0 bridgehead atoms. The lowest BCUT2D eigenvalue weighted by atomic mass is 10.1. The van der Waals surface area contributed by atoms with Crippen molar-refractivity contribution >= 4 is 17.9 Å². The number of carbonyl (C=O) groups excluding carboxylic acids is 3. The van der Waals surface area contributed by atoms with Crippen LogP contribution in [0.25, 0.3) is 0 Å². The molecule has 0 aromatic rings. The Balaban J connectivity index is 4.38. The SMILES string of the molecule is CC\C=C/C=C\C=C/CCCCCCCC(=O)OC(COC(=O)CCCCCCC/C=C\CCCCC)COC(=O)CCCCCCCCCCC/C=C\C/C=C\C/C=C\CC. The first kappa shape index (κ1) is 58.6. The highest BCUT2D eigenvalue weighted by molar-refractivity contribution is 5.71. The third kappa shape index (κ3) is 47.6. The minimum absolute atomic E-state index is 0.0910. The van der Waals surface area contributed by atoms with Crippen LogP contribution in [0.1, 0.15) is 233 Å². The minimum Gasteiger partial charge on any atom is -0.462 e. The summed E-state index contributed by atoms with van der Waals surface area (Å²) in [4.78, 5) is 37.9. The van der Waals surface area contributed by atoms with Gasteiger partial charge in [0.05, 0.1) is 0 Å². The molecule has 6 nitrogen and oxygen atoms in total. The molecule has 62 heavy (non-hydrogen) atoms. The molecule has 0 fully saturated rings. The number of esters is 3. The number of rotatable bonds is 45. The Labute approximate surface area is 382 Å². The molecule has 0 saturated carbocycles. The number of unbranched alkanes of at least 4 members (excludes halogenated alkanes) is 22. The average molecular weight is 863 g/mol. The fourth-order valence-corrected chi connectivity index (χ4v) is 6.86. The van der Waals surface area contributed by atoms with Gasteiger partial charge in [-0.15, -0.1) is 0 Å². The molecule has 0 aromatic carbocycles. The maximum absolute atomic E-state index is 12.8. The van der Waals surface area contributed by atoms with Crippen molar-refractivity contribution in [3.8, 4) is 0 Å². The fraction of sp³-hybridized carbons (Fsp3) is 0.696. The zero-order chi connectivity index (χ0) is 45.1. The van der Waals surface area contributed by atoms with Crippen LogP contribution in [-0.2, 0) is 28.6 Å². The largest absolute Gasteiger partial charge is 0.462 e. The Bertz CT molecular complexity index is 1220. The molecule has 1 atom stereocenters. The topological polar surface area (TPSA) is 78.9 Å². The van der Waals surface area contributed by atoms with Crippen LogP contribution in [0.5, 0.6) is 0 Å². The first-order chi connectivity index (χ1) is 30.5. The van der Waals surface area contributed by atoms with Gasteiger partial charge in [-0.3, -0.25) is 14.4 Å². The molecule has 0 aliphatic carbocycles. The lowest BCUT2D eigenvalue weighted by molar-refractivity contribution is -0.167. The van der Waals surface area contributed by atoms with Gasteiger partial charge in [-0.1, -0.05) is 202 Å². The number of carbonyl (C=O) groups is 3. The van der Waals surface area contributed by atoms with Gasteiger partial charge in [0.25, 0.3) is 0 Å². The number of hydrogen-bond acceptors (Lipinski definition) is 6. The summed E-state index contributed by atoms with van der Waals surface area (Å²) in [5.41, 5.74) is 0. The van der Waals surface area contributed by atoms with E-state index in [0.29, 0.717) is 19.3 Å². The fourth-order valence-electron chi connectivity index (χ4n) is 6.86. The zero-order valence-electron chi connectivity index (χ0n) is 40.4. The Hall–Kier alpha value is -3.41. The predicted molar refractivity (Wildman–Crippen MR) is 265 cm³/mol. The summed E-state index contributed by atoms with van der Waals surface area (Å²) in [5, 5.41) is 0. The molecule has 0 rings (SSSR count). The van der Waals surface area contributed by atoms with Crippen LogP contribution in [0.4, 0.5) is 0 Å². The molecule has 0 N–H and O–H groups in total. The molecule has 0 radical (unpaired) electrons. The summed E-state index contributed by atoms with van der Waals surface area (Å²) in [6, 6.07) is 0. The van der Waals surface area contributed by atoms with E-state index in [2.05, 4.69) is 106 Å². The van der Waals surface area contributed by atoms with E-state index in [1.54, 1.807) is 0 Å². The highest BCUT2D eigenvalue weighted by Crippen LogP contribution is 2.14. The molecule has 0 aliphatic heterocycles. The van der Waals surface area contributed by atoms with E-state index in [1.165, 1.54) is 83.5 Å². The van der Waals surface area contributed by atoms with Gasteiger partial charge in [0.1, 0.15) is 13.2 Å². The van der Waals surface area contributed by atoms with Crippen LogP contribution in [-0.4, -0.2) is 37.2 Å². The van der Waals surface area contributed by atoms with Crippen LogP contribution in [0, 0.1) is 0 Å². The summed E-state index contributed by atoms with van der Waals surface area (Å²) < 4.78 is 16.8. The maximum Gasteiger partial charge on any atom is 0.306 e. The van der Waals surface area contributed by atoms with E-state index in [0.717, 1.165) is 109 Å². The lowest BCUT2D eigenvalue weighted by Gasteiger charge is -2.18. The van der Waals surface area contributed by atoms with Crippen LogP contribution >= 0.6 is 0 Å². The molecule has 0 saturated heterocycles. The van der Waals surface area contributed by atoms with Crippen molar-refractivity contribution in [3.05, 3.63) is 85.1 Å². The lowest BCUT2D eigenvalue weighted by Crippen LogP contribution is -2.30. The number of allylic oxidation sites excluding steroid dienone is 14. The van der Waals surface area contributed by atoms with Crippen molar-refractivity contribution in [2.24, 2.45) is 0 Å². The molecule has 0 aromatic heterocycles. The van der Waals surface area contributed by atoms with Gasteiger partial charge in [0.15, 0.2) is 6.10 Å². The number of hydrogen-bond donors (Lipinski definition) is 0. The Morgan fingerprint density at radius 3 is 1.18 bits per heavy atom. The van der Waals surface area contributed by atoms with E-state index in [9.17, 15) is 14.4 Å². The smallest absolute Gasteiger partial charge is 0.306 e. The Kier molecular flexibility index (Phi) is 47.5. The zero-order valence-corrected chi connectivity index (χ0v) is 40.4. The maximum atomic E-state index is 12.8. The quantitative estimate of drug-likeness (QED) is 0.0199. The number of ether oxygens (including phenoxy) is 3. The van der Waals surface area contributed by atoms with Gasteiger partial charge in [0.2, 0.25) is 0 Å². The molecular weight excluding hydrogens is 769 g/mol. The first-order valence-electron chi connectivity index (χ1n) is 25.6. The summed E-state index contributed by atoms with van der Waals surface area (Å²) in [6.07, 6.45) is 64.2. The predicted octanol–water partition coefficient (Wildman–Crippen LogP) is 16.8. The molecular formula is C56H94O6. The van der Waals surface area contributed by atoms with E-state index < -0.39 is 6.10 Å². The van der Waals surface area contributed by atoms with Gasteiger partial charge in [0, 0.05) is 19.3 Å². The normalized spacial score (nSPS) is 12.8. The van der Waals surface area contributed by atoms with Gasteiger partial charge in [-0.25, -0.2) is 0 Å². The van der Waals surface area contributed by atoms with Crippen molar-refractivity contribution in [1.82, 2.24) is 0 Å². The Morgan fingerprint density at radius 2 is 0.710 bits per heavy atom. The van der Waals surface area contributed by atoms with E-state index in [-0.39, 0.29) is 31.1 Å². The average Bonchev–Trinajstić information content (AvgIpc) is 3.27. The highest BCUT2D eigenvalue weighted by atomic mass is 16.6. The van der Waals surface area contributed by atoms with Gasteiger partial charge >= 0.3 is 17.9 Å². The molecule has 6 heteroatoms. The van der Waals surface area contributed by atoms with Gasteiger partial charge < -0.3 is 14.2 Å². The molecule has 0 heterocycles. The van der Waals surface area contributed by atoms with Crippen molar-refractivity contribution in [3.63, 3.8) is 0 Å². The van der Waals surface area contributed by atoms with Crippen molar-refractivity contribution in [1.29, 1.82) is 0 Å². The third-order valence-corrected chi connectivity index (χ3v) is 10.7. The van der Waals surface area contributed by atoms with E-state index in [4.69, 9.17) is 14.2 Å².